The SMILES string of the molecule is O=C(NCC1CCC(NO)CC1)[C@@H]1CC[C@H]2CN(S(=O)(=O)Cc3ccccc3)CC(=O)N21. The minimum atomic E-state index is -3.61. The van der Waals surface area contributed by atoms with Crippen LogP contribution >= 0.6 is 0 Å². The molecule has 0 radical (unpaired) electrons. The van der Waals surface area contributed by atoms with E-state index in [1.54, 1.807) is 29.2 Å². The lowest BCUT2D eigenvalue weighted by Crippen LogP contribution is -2.59. The van der Waals surface area contributed by atoms with E-state index in [9.17, 15) is 18.0 Å². The number of carbonyl (C=O) groups excluding carboxylic acids is 2. The van der Waals surface area contributed by atoms with Gasteiger partial charge in [0.15, 0.2) is 0 Å². The van der Waals surface area contributed by atoms with Crippen LogP contribution in [0.2, 0.25) is 0 Å². The second-order valence-corrected chi connectivity index (χ2v) is 11.1. The third kappa shape index (κ3) is 5.14. The lowest BCUT2D eigenvalue weighted by Gasteiger charge is -2.38. The Morgan fingerprint density at radius 2 is 1.78 bits per heavy atom. The van der Waals surface area contributed by atoms with Crippen LogP contribution in [0.4, 0.5) is 0 Å². The zero-order valence-corrected chi connectivity index (χ0v) is 19.0. The van der Waals surface area contributed by atoms with Gasteiger partial charge in [0.2, 0.25) is 21.8 Å². The van der Waals surface area contributed by atoms with Gasteiger partial charge in [0.05, 0.1) is 12.3 Å². The summed E-state index contributed by atoms with van der Waals surface area (Å²) in [5.74, 6) is -0.212. The van der Waals surface area contributed by atoms with Crippen molar-refractivity contribution in [1.82, 2.24) is 20.0 Å². The highest BCUT2D eigenvalue weighted by atomic mass is 32.2. The van der Waals surface area contributed by atoms with E-state index in [1.807, 2.05) is 6.07 Å². The van der Waals surface area contributed by atoms with Gasteiger partial charge >= 0.3 is 0 Å². The first-order valence-corrected chi connectivity index (χ1v) is 13.0. The van der Waals surface area contributed by atoms with Crippen molar-refractivity contribution in [3.8, 4) is 0 Å². The maximum atomic E-state index is 12.9. The van der Waals surface area contributed by atoms with Crippen molar-refractivity contribution < 1.29 is 23.2 Å². The van der Waals surface area contributed by atoms with Crippen LogP contribution in [0.15, 0.2) is 30.3 Å². The van der Waals surface area contributed by atoms with Gasteiger partial charge in [-0.25, -0.2) is 13.9 Å². The predicted octanol–water partition coefficient (Wildman–Crippen LogP) is 0.845. The molecule has 3 fully saturated rings. The Kier molecular flexibility index (Phi) is 7.14. The molecule has 3 aliphatic rings. The van der Waals surface area contributed by atoms with Crippen LogP contribution in [0.3, 0.4) is 0 Å². The summed E-state index contributed by atoms with van der Waals surface area (Å²) in [4.78, 5) is 27.3. The summed E-state index contributed by atoms with van der Waals surface area (Å²) >= 11 is 0. The van der Waals surface area contributed by atoms with E-state index in [0.717, 1.165) is 25.7 Å². The molecule has 9 nitrogen and oxygen atoms in total. The average Bonchev–Trinajstić information content (AvgIpc) is 3.23. The van der Waals surface area contributed by atoms with Crippen LogP contribution in [0.25, 0.3) is 0 Å². The number of rotatable bonds is 7. The number of amides is 2. The Hall–Kier alpha value is -2.01. The topological polar surface area (TPSA) is 119 Å². The first-order chi connectivity index (χ1) is 15.4. The highest BCUT2D eigenvalue weighted by Crippen LogP contribution is 2.30. The molecule has 2 aliphatic heterocycles. The molecule has 4 rings (SSSR count). The molecular weight excluding hydrogens is 432 g/mol. The molecule has 0 spiro atoms. The summed E-state index contributed by atoms with van der Waals surface area (Å²) in [6, 6.07) is 8.29. The van der Waals surface area contributed by atoms with Gasteiger partial charge in [-0.1, -0.05) is 30.3 Å². The monoisotopic (exact) mass is 464 g/mol. The van der Waals surface area contributed by atoms with Crippen LogP contribution in [0, 0.1) is 5.92 Å². The van der Waals surface area contributed by atoms with Crippen molar-refractivity contribution in [1.29, 1.82) is 0 Å². The molecule has 10 heteroatoms. The molecule has 0 aromatic heterocycles. The van der Waals surface area contributed by atoms with Crippen molar-refractivity contribution in [2.75, 3.05) is 19.6 Å². The largest absolute Gasteiger partial charge is 0.354 e. The van der Waals surface area contributed by atoms with Gasteiger partial charge in [-0.15, -0.1) is 0 Å². The van der Waals surface area contributed by atoms with Gasteiger partial charge in [-0.3, -0.25) is 9.59 Å². The van der Waals surface area contributed by atoms with Gasteiger partial charge in [0, 0.05) is 25.2 Å². The molecule has 0 unspecified atom stereocenters. The Labute approximate surface area is 189 Å². The molecule has 1 aromatic rings. The molecule has 2 amide bonds. The number of nitrogens with zero attached hydrogens (tertiary/aromatic N) is 2. The predicted molar refractivity (Wildman–Crippen MR) is 118 cm³/mol. The normalized spacial score (nSPS) is 29.0. The number of fused-ring (bicyclic) bond motifs is 1. The molecule has 32 heavy (non-hydrogen) atoms. The molecular formula is C22H32N4O5S. The maximum absolute atomic E-state index is 12.9. The highest BCUT2D eigenvalue weighted by molar-refractivity contribution is 7.88. The van der Waals surface area contributed by atoms with Crippen molar-refractivity contribution >= 4 is 21.8 Å². The van der Waals surface area contributed by atoms with E-state index in [2.05, 4.69) is 10.8 Å². The first-order valence-electron chi connectivity index (χ1n) is 11.4. The highest BCUT2D eigenvalue weighted by Gasteiger charge is 2.46. The minimum Gasteiger partial charge on any atom is -0.354 e. The summed E-state index contributed by atoms with van der Waals surface area (Å²) in [7, 11) is -3.61. The van der Waals surface area contributed by atoms with Crippen molar-refractivity contribution in [3.63, 3.8) is 0 Å². The lowest BCUT2D eigenvalue weighted by atomic mass is 9.86. The molecule has 0 bridgehead atoms. The molecule has 2 heterocycles. The van der Waals surface area contributed by atoms with Gasteiger partial charge in [-0.2, -0.15) is 4.31 Å². The standard InChI is InChI=1S/C22H32N4O5S/c27-21-14-25(32(30,31)15-17-4-2-1-3-5-17)13-19-10-11-20(26(19)21)22(28)23-12-16-6-8-18(24-29)9-7-16/h1-5,16,18-20,24,29H,6-15H2,(H,23,28)/t16?,18?,19-,20-/m0/s1. The third-order valence-electron chi connectivity index (χ3n) is 7.00. The summed E-state index contributed by atoms with van der Waals surface area (Å²) in [5.41, 5.74) is 3.01. The van der Waals surface area contributed by atoms with Crippen molar-refractivity contribution in [3.05, 3.63) is 35.9 Å². The second-order valence-electron chi connectivity index (χ2n) is 9.17. The molecule has 1 saturated carbocycles. The number of benzene rings is 1. The fourth-order valence-corrected chi connectivity index (χ4v) is 6.68. The molecule has 1 aliphatic carbocycles. The fraction of sp³-hybridized carbons (Fsp3) is 0.636. The van der Waals surface area contributed by atoms with Crippen LogP contribution in [0.1, 0.15) is 44.1 Å². The second kappa shape index (κ2) is 9.86. The van der Waals surface area contributed by atoms with E-state index >= 15 is 0 Å². The molecule has 3 N–H and O–H groups in total. The van der Waals surface area contributed by atoms with Gasteiger partial charge < -0.3 is 15.4 Å². The first kappa shape index (κ1) is 23.2. The number of hydrogen-bond donors (Lipinski definition) is 3. The summed E-state index contributed by atoms with van der Waals surface area (Å²) in [6.07, 6.45) is 4.79. The van der Waals surface area contributed by atoms with E-state index in [1.165, 1.54) is 4.31 Å². The number of hydroxylamine groups is 1. The van der Waals surface area contributed by atoms with Crippen molar-refractivity contribution in [2.24, 2.45) is 5.92 Å². The van der Waals surface area contributed by atoms with E-state index in [-0.39, 0.29) is 42.7 Å². The van der Waals surface area contributed by atoms with Crippen molar-refractivity contribution in [2.45, 2.75) is 62.4 Å². The molecule has 176 valence electrons. The Morgan fingerprint density at radius 1 is 1.06 bits per heavy atom. The van der Waals surface area contributed by atoms with E-state index < -0.39 is 16.1 Å². The van der Waals surface area contributed by atoms with Crippen LogP contribution in [-0.2, 0) is 25.4 Å². The van der Waals surface area contributed by atoms with E-state index in [0.29, 0.717) is 30.9 Å². The summed E-state index contributed by atoms with van der Waals surface area (Å²) < 4.78 is 27.0. The zero-order valence-electron chi connectivity index (χ0n) is 18.2. The average molecular weight is 465 g/mol. The number of piperazine rings is 1. The fourth-order valence-electron chi connectivity index (χ4n) is 5.18. The molecule has 2 saturated heterocycles. The third-order valence-corrected chi connectivity index (χ3v) is 8.76. The number of nitrogens with one attached hydrogen (secondary N) is 2. The quantitative estimate of drug-likeness (QED) is 0.515. The molecule has 1 aromatic carbocycles. The minimum absolute atomic E-state index is 0.129. The lowest BCUT2D eigenvalue weighted by molar-refractivity contribution is -0.143. The number of hydrogen-bond acceptors (Lipinski definition) is 6. The van der Waals surface area contributed by atoms with Crippen LogP contribution in [-0.4, -0.2) is 72.4 Å². The van der Waals surface area contributed by atoms with Gasteiger partial charge in [0.1, 0.15) is 6.04 Å². The van der Waals surface area contributed by atoms with Gasteiger partial charge in [-0.05, 0) is 50.0 Å². The number of carbonyl (C=O) groups is 2. The maximum Gasteiger partial charge on any atom is 0.242 e. The summed E-state index contributed by atoms with van der Waals surface area (Å²) in [6.45, 7) is 0.592. The molecule has 2 atom stereocenters. The smallest absolute Gasteiger partial charge is 0.242 e. The zero-order chi connectivity index (χ0) is 22.7. The van der Waals surface area contributed by atoms with Crippen LogP contribution in [0.5, 0.6) is 0 Å². The Morgan fingerprint density at radius 3 is 2.47 bits per heavy atom. The van der Waals surface area contributed by atoms with Crippen LogP contribution < -0.4 is 10.8 Å². The number of sulfonamides is 1. The summed E-state index contributed by atoms with van der Waals surface area (Å²) in [5, 5.41) is 12.0. The Bertz CT molecular complexity index is 918. The van der Waals surface area contributed by atoms with Gasteiger partial charge in [0.25, 0.3) is 0 Å². The Balaban J connectivity index is 1.32. The van der Waals surface area contributed by atoms with E-state index in [4.69, 9.17) is 5.21 Å².